The largest absolute Gasteiger partial charge is 0.462 e. The molecule has 0 amide bonds. The molecule has 3 nitrogen and oxygen atoms in total. The van der Waals surface area contributed by atoms with Gasteiger partial charge in [0.1, 0.15) is 6.10 Å². The quantitative estimate of drug-likeness (QED) is 0.771. The fraction of sp³-hybridized carbons (Fsp3) is 0.929. The summed E-state index contributed by atoms with van der Waals surface area (Å²) in [6.07, 6.45) is 2.42. The van der Waals surface area contributed by atoms with Crippen LogP contribution in [0.15, 0.2) is 0 Å². The van der Waals surface area contributed by atoms with Crippen molar-refractivity contribution in [3.8, 4) is 0 Å². The van der Waals surface area contributed by atoms with Crippen molar-refractivity contribution in [1.29, 1.82) is 0 Å². The van der Waals surface area contributed by atoms with Crippen molar-refractivity contribution in [2.45, 2.75) is 65.6 Å². The van der Waals surface area contributed by atoms with E-state index >= 15 is 0 Å². The third kappa shape index (κ3) is 2.22. The van der Waals surface area contributed by atoms with Crippen molar-refractivity contribution in [3.05, 3.63) is 0 Å². The first-order valence-corrected chi connectivity index (χ1v) is 6.67. The molecule has 1 heterocycles. The van der Waals surface area contributed by atoms with Crippen LogP contribution in [0.25, 0.3) is 0 Å². The molecule has 17 heavy (non-hydrogen) atoms. The van der Waals surface area contributed by atoms with E-state index < -0.39 is 6.10 Å². The summed E-state index contributed by atoms with van der Waals surface area (Å²) in [5.74, 6) is 0.359. The summed E-state index contributed by atoms with van der Waals surface area (Å²) < 4.78 is 5.45. The van der Waals surface area contributed by atoms with E-state index in [-0.39, 0.29) is 23.9 Å². The Morgan fingerprint density at radius 3 is 2.71 bits per heavy atom. The number of aliphatic hydroxyl groups excluding tert-OH is 1. The van der Waals surface area contributed by atoms with Crippen molar-refractivity contribution in [1.82, 2.24) is 0 Å². The summed E-state index contributed by atoms with van der Waals surface area (Å²) >= 11 is 0. The lowest BCUT2D eigenvalue weighted by molar-refractivity contribution is -0.166. The molecule has 1 aliphatic carbocycles. The Kier molecular flexibility index (Phi) is 3.01. The molecule has 4 atom stereocenters. The number of hydrogen-bond acceptors (Lipinski definition) is 3. The van der Waals surface area contributed by atoms with Crippen LogP contribution in [0, 0.1) is 16.7 Å². The summed E-state index contributed by atoms with van der Waals surface area (Å²) in [6, 6.07) is 0. The summed E-state index contributed by atoms with van der Waals surface area (Å²) in [6.45, 7) is 8.97. The van der Waals surface area contributed by atoms with Gasteiger partial charge in [-0.05, 0) is 17.8 Å². The van der Waals surface area contributed by atoms with Crippen LogP contribution in [0.4, 0.5) is 0 Å². The molecule has 2 unspecified atom stereocenters. The van der Waals surface area contributed by atoms with Gasteiger partial charge in [0, 0.05) is 11.8 Å². The SMILES string of the molecule is CCC(C)(C)C1CC1(C)[C@@H]1C[C@@H](O)CC(=O)O1. The third-order valence-electron chi connectivity index (χ3n) is 5.03. The van der Waals surface area contributed by atoms with Crippen molar-refractivity contribution >= 4 is 5.97 Å². The second-order valence-corrected chi connectivity index (χ2v) is 6.68. The molecule has 0 aromatic rings. The number of rotatable bonds is 3. The highest BCUT2D eigenvalue weighted by Crippen LogP contribution is 2.65. The van der Waals surface area contributed by atoms with Gasteiger partial charge >= 0.3 is 5.97 Å². The Balaban J connectivity index is 2.06. The van der Waals surface area contributed by atoms with Gasteiger partial charge in [-0.25, -0.2) is 0 Å². The molecule has 2 fully saturated rings. The zero-order chi connectivity index (χ0) is 12.8. The van der Waals surface area contributed by atoms with Crippen LogP contribution in [0.2, 0.25) is 0 Å². The highest BCUT2D eigenvalue weighted by atomic mass is 16.5. The van der Waals surface area contributed by atoms with E-state index in [1.54, 1.807) is 0 Å². The van der Waals surface area contributed by atoms with Gasteiger partial charge in [0.2, 0.25) is 0 Å². The Hall–Kier alpha value is -0.570. The number of hydrogen-bond donors (Lipinski definition) is 1. The zero-order valence-corrected chi connectivity index (χ0v) is 11.3. The molecular formula is C14H24O3. The molecule has 2 aliphatic rings. The summed E-state index contributed by atoms with van der Waals surface area (Å²) in [5.41, 5.74) is 0.375. The van der Waals surface area contributed by atoms with Crippen LogP contribution in [-0.4, -0.2) is 23.3 Å². The molecule has 0 radical (unpaired) electrons. The molecule has 0 aromatic heterocycles. The van der Waals surface area contributed by atoms with Crippen molar-refractivity contribution in [3.63, 3.8) is 0 Å². The predicted octanol–water partition coefficient (Wildman–Crippen LogP) is 2.52. The fourth-order valence-electron chi connectivity index (χ4n) is 3.33. The van der Waals surface area contributed by atoms with Gasteiger partial charge in [-0.1, -0.05) is 34.1 Å². The lowest BCUT2D eigenvalue weighted by atomic mass is 9.78. The maximum absolute atomic E-state index is 11.4. The normalized spacial score (nSPS) is 42.2. The van der Waals surface area contributed by atoms with E-state index in [4.69, 9.17) is 4.74 Å². The monoisotopic (exact) mass is 240 g/mol. The maximum atomic E-state index is 11.4. The minimum atomic E-state index is -0.510. The van der Waals surface area contributed by atoms with Crippen LogP contribution >= 0.6 is 0 Å². The molecule has 1 saturated heterocycles. The first kappa shape index (κ1) is 12.9. The molecule has 0 bridgehead atoms. The minimum Gasteiger partial charge on any atom is -0.462 e. The number of carbonyl (C=O) groups is 1. The van der Waals surface area contributed by atoms with Crippen LogP contribution in [0.1, 0.15) is 53.4 Å². The second-order valence-electron chi connectivity index (χ2n) is 6.68. The van der Waals surface area contributed by atoms with Gasteiger partial charge in [0.25, 0.3) is 0 Å². The van der Waals surface area contributed by atoms with E-state index in [0.29, 0.717) is 17.8 Å². The Bertz CT molecular complexity index is 323. The van der Waals surface area contributed by atoms with Gasteiger partial charge in [-0.15, -0.1) is 0 Å². The van der Waals surface area contributed by atoms with Crippen molar-refractivity contribution in [2.75, 3.05) is 0 Å². The molecule has 2 rings (SSSR count). The molecule has 1 saturated carbocycles. The van der Waals surface area contributed by atoms with E-state index in [1.165, 1.54) is 0 Å². The van der Waals surface area contributed by atoms with Gasteiger partial charge in [-0.2, -0.15) is 0 Å². The Morgan fingerprint density at radius 2 is 2.18 bits per heavy atom. The lowest BCUT2D eigenvalue weighted by Crippen LogP contribution is -2.39. The van der Waals surface area contributed by atoms with Crippen LogP contribution in [0.3, 0.4) is 0 Å². The highest BCUT2D eigenvalue weighted by molar-refractivity contribution is 5.71. The highest BCUT2D eigenvalue weighted by Gasteiger charge is 2.62. The molecule has 3 heteroatoms. The smallest absolute Gasteiger partial charge is 0.308 e. The standard InChI is InChI=1S/C14H24O3/c1-5-13(2,3)10-8-14(10,4)11-6-9(15)7-12(16)17-11/h9-11,15H,5-8H2,1-4H3/t9-,10?,11+,14?/m1/s1. The van der Waals surface area contributed by atoms with Crippen molar-refractivity contribution in [2.24, 2.45) is 16.7 Å². The molecular weight excluding hydrogens is 216 g/mol. The third-order valence-corrected chi connectivity index (χ3v) is 5.03. The van der Waals surface area contributed by atoms with E-state index in [0.717, 1.165) is 12.8 Å². The van der Waals surface area contributed by atoms with Crippen LogP contribution in [-0.2, 0) is 9.53 Å². The molecule has 0 aromatic carbocycles. The molecule has 1 N–H and O–H groups in total. The number of aliphatic hydroxyl groups is 1. The first-order valence-electron chi connectivity index (χ1n) is 6.67. The van der Waals surface area contributed by atoms with Crippen LogP contribution < -0.4 is 0 Å². The Morgan fingerprint density at radius 1 is 1.53 bits per heavy atom. The average molecular weight is 240 g/mol. The fourth-order valence-corrected chi connectivity index (χ4v) is 3.33. The van der Waals surface area contributed by atoms with Gasteiger partial charge in [0.05, 0.1) is 12.5 Å². The summed E-state index contributed by atoms with van der Waals surface area (Å²) in [4.78, 5) is 11.4. The van der Waals surface area contributed by atoms with Crippen LogP contribution in [0.5, 0.6) is 0 Å². The average Bonchev–Trinajstić information content (AvgIpc) is 2.92. The molecule has 0 spiro atoms. The van der Waals surface area contributed by atoms with Gasteiger partial charge in [-0.3, -0.25) is 4.79 Å². The van der Waals surface area contributed by atoms with E-state index in [1.807, 2.05) is 0 Å². The van der Waals surface area contributed by atoms with Crippen molar-refractivity contribution < 1.29 is 14.6 Å². The minimum absolute atomic E-state index is 0.0799. The molecule has 98 valence electrons. The lowest BCUT2D eigenvalue weighted by Gasteiger charge is -2.34. The number of cyclic esters (lactones) is 1. The van der Waals surface area contributed by atoms with Gasteiger partial charge in [0.15, 0.2) is 0 Å². The van der Waals surface area contributed by atoms with Gasteiger partial charge < -0.3 is 9.84 Å². The molecule has 1 aliphatic heterocycles. The zero-order valence-electron chi connectivity index (χ0n) is 11.3. The number of esters is 1. The summed E-state index contributed by atoms with van der Waals surface area (Å²) in [5, 5.41) is 9.69. The topological polar surface area (TPSA) is 46.5 Å². The Labute approximate surface area is 104 Å². The number of carbonyl (C=O) groups excluding carboxylic acids is 1. The first-order chi connectivity index (χ1) is 7.79. The second kappa shape index (κ2) is 3.98. The van der Waals surface area contributed by atoms with E-state index in [9.17, 15) is 9.90 Å². The van der Waals surface area contributed by atoms with E-state index in [2.05, 4.69) is 27.7 Å². The maximum Gasteiger partial charge on any atom is 0.308 e. The summed E-state index contributed by atoms with van der Waals surface area (Å²) in [7, 11) is 0. The number of ether oxygens (including phenoxy) is 1. The predicted molar refractivity (Wildman–Crippen MR) is 65.4 cm³/mol.